The van der Waals surface area contributed by atoms with Crippen molar-refractivity contribution in [3.8, 4) is 0 Å². The van der Waals surface area contributed by atoms with E-state index < -0.39 is 0 Å². The highest BCUT2D eigenvalue weighted by Crippen LogP contribution is 2.31. The van der Waals surface area contributed by atoms with Gasteiger partial charge in [-0.15, -0.1) is 24.8 Å². The van der Waals surface area contributed by atoms with Crippen molar-refractivity contribution in [3.63, 3.8) is 0 Å². The van der Waals surface area contributed by atoms with Crippen LogP contribution in [0.15, 0.2) is 24.3 Å². The summed E-state index contributed by atoms with van der Waals surface area (Å²) in [5.41, 5.74) is 13.3. The summed E-state index contributed by atoms with van der Waals surface area (Å²) in [6.07, 6.45) is 5.79. The van der Waals surface area contributed by atoms with Gasteiger partial charge < -0.3 is 21.7 Å². The zero-order chi connectivity index (χ0) is 19.2. The topological polar surface area (TPSA) is 101 Å². The highest BCUT2D eigenvalue weighted by Gasteiger charge is 2.31. The normalized spacial score (nSPS) is 22.4. The first kappa shape index (κ1) is 25.7. The van der Waals surface area contributed by atoms with Gasteiger partial charge in [-0.1, -0.05) is 18.6 Å². The summed E-state index contributed by atoms with van der Waals surface area (Å²) >= 11 is 0. The van der Waals surface area contributed by atoms with Crippen LogP contribution in [-0.2, 0) is 16.0 Å². The molecule has 8 heteroatoms. The van der Waals surface area contributed by atoms with Crippen LogP contribution in [0.5, 0.6) is 0 Å². The van der Waals surface area contributed by atoms with Crippen molar-refractivity contribution < 1.29 is 9.59 Å². The first-order valence-corrected chi connectivity index (χ1v) is 10.2. The Morgan fingerprint density at radius 3 is 2.28 bits per heavy atom. The summed E-state index contributed by atoms with van der Waals surface area (Å²) in [4.78, 5) is 26.1. The molecule has 2 aliphatic rings. The fourth-order valence-electron chi connectivity index (χ4n) is 4.38. The molecule has 1 aromatic rings. The van der Waals surface area contributed by atoms with Gasteiger partial charge in [0.25, 0.3) is 0 Å². The predicted molar refractivity (Wildman–Crippen MR) is 122 cm³/mol. The lowest BCUT2D eigenvalue weighted by molar-refractivity contribution is -0.123. The Bertz CT molecular complexity index is 649. The van der Waals surface area contributed by atoms with Crippen LogP contribution in [0.25, 0.3) is 0 Å². The molecule has 2 amide bonds. The molecule has 1 aromatic carbocycles. The molecule has 1 heterocycles. The molecule has 0 aromatic heterocycles. The molecule has 0 unspecified atom stereocenters. The molecule has 0 bridgehead atoms. The summed E-state index contributed by atoms with van der Waals surface area (Å²) in [5.74, 6) is 0.361. The van der Waals surface area contributed by atoms with Crippen LogP contribution in [-0.4, -0.2) is 42.9 Å². The number of amides is 2. The highest BCUT2D eigenvalue weighted by molar-refractivity contribution is 5.93. The van der Waals surface area contributed by atoms with E-state index in [0.717, 1.165) is 63.8 Å². The third-order valence-corrected chi connectivity index (χ3v) is 6.23. The predicted octanol–water partition coefficient (Wildman–Crippen LogP) is 2.58. The summed E-state index contributed by atoms with van der Waals surface area (Å²) < 4.78 is 0. The van der Waals surface area contributed by atoms with Gasteiger partial charge in [0.15, 0.2) is 0 Å². The van der Waals surface area contributed by atoms with Gasteiger partial charge >= 0.3 is 0 Å². The number of hydrogen-bond acceptors (Lipinski definition) is 4. The molecule has 0 spiro atoms. The van der Waals surface area contributed by atoms with Gasteiger partial charge in [-0.05, 0) is 75.4 Å². The number of nitrogens with zero attached hydrogens (tertiary/aromatic N) is 1. The van der Waals surface area contributed by atoms with Crippen molar-refractivity contribution in [2.75, 3.05) is 31.5 Å². The quantitative estimate of drug-likeness (QED) is 0.601. The number of halogens is 2. The maximum absolute atomic E-state index is 12.5. The number of piperidine rings is 1. The monoisotopic (exact) mass is 444 g/mol. The Kier molecular flexibility index (Phi) is 11.0. The van der Waals surface area contributed by atoms with Gasteiger partial charge in [0.2, 0.25) is 11.8 Å². The van der Waals surface area contributed by atoms with Crippen molar-refractivity contribution in [1.29, 1.82) is 0 Å². The fraction of sp³-hybridized carbons (Fsp3) is 0.619. The standard InChI is InChI=1S/C21H32N4O2.2ClH/c22-14-17-2-1-3-19(17)21(27)24-18-6-4-15(5-7-18)8-11-25-12-9-16(10-13-25)20(23)26;;/h4-7,16-17,19H,1-3,8-14,22H2,(H2,23,26)(H,24,27);2*1H/t17-,19-;;/m1../s1. The van der Waals surface area contributed by atoms with E-state index in [0.29, 0.717) is 12.5 Å². The van der Waals surface area contributed by atoms with Gasteiger partial charge in [0, 0.05) is 24.1 Å². The average molecular weight is 445 g/mol. The fourth-order valence-corrected chi connectivity index (χ4v) is 4.38. The number of rotatable bonds is 7. The van der Waals surface area contributed by atoms with Crippen molar-refractivity contribution in [1.82, 2.24) is 4.90 Å². The third-order valence-electron chi connectivity index (χ3n) is 6.23. The van der Waals surface area contributed by atoms with Gasteiger partial charge in [-0.2, -0.15) is 0 Å². The SMILES string of the molecule is Cl.Cl.NC[C@H]1CCC[C@H]1C(=O)Nc1ccc(CCN2CCC(C(N)=O)CC2)cc1. The van der Waals surface area contributed by atoms with E-state index in [-0.39, 0.29) is 48.5 Å². The Balaban J connectivity index is 0.00000210. The number of carbonyl (C=O) groups excluding carboxylic acids is 2. The van der Waals surface area contributed by atoms with Crippen LogP contribution < -0.4 is 16.8 Å². The van der Waals surface area contributed by atoms with E-state index >= 15 is 0 Å². The zero-order valence-corrected chi connectivity index (χ0v) is 18.5. The molecule has 1 aliphatic carbocycles. The van der Waals surface area contributed by atoms with E-state index in [1.54, 1.807) is 0 Å². The Hall–Kier alpha value is -1.34. The lowest BCUT2D eigenvalue weighted by Gasteiger charge is -2.30. The lowest BCUT2D eigenvalue weighted by atomic mass is 9.95. The molecule has 1 saturated carbocycles. The molecule has 164 valence electrons. The number of benzene rings is 1. The van der Waals surface area contributed by atoms with Gasteiger partial charge in [0.1, 0.15) is 0 Å². The van der Waals surface area contributed by atoms with Crippen LogP contribution >= 0.6 is 24.8 Å². The van der Waals surface area contributed by atoms with Crippen LogP contribution in [0.3, 0.4) is 0 Å². The number of nitrogens with one attached hydrogen (secondary N) is 1. The molecule has 0 radical (unpaired) electrons. The first-order chi connectivity index (χ1) is 13.1. The number of hydrogen-bond donors (Lipinski definition) is 3. The number of carbonyl (C=O) groups is 2. The Morgan fingerprint density at radius 1 is 1.03 bits per heavy atom. The first-order valence-electron chi connectivity index (χ1n) is 10.2. The minimum Gasteiger partial charge on any atom is -0.369 e. The largest absolute Gasteiger partial charge is 0.369 e. The van der Waals surface area contributed by atoms with E-state index in [2.05, 4.69) is 22.3 Å². The van der Waals surface area contributed by atoms with Gasteiger partial charge in [-0.25, -0.2) is 0 Å². The molecule has 1 saturated heterocycles. The molecule has 5 N–H and O–H groups in total. The van der Waals surface area contributed by atoms with Crippen LogP contribution in [0, 0.1) is 17.8 Å². The van der Waals surface area contributed by atoms with Crippen LogP contribution in [0.1, 0.15) is 37.7 Å². The molecular weight excluding hydrogens is 411 g/mol. The smallest absolute Gasteiger partial charge is 0.227 e. The van der Waals surface area contributed by atoms with Crippen molar-refractivity contribution in [2.45, 2.75) is 38.5 Å². The van der Waals surface area contributed by atoms with Gasteiger partial charge in [-0.3, -0.25) is 9.59 Å². The molecule has 6 nitrogen and oxygen atoms in total. The van der Waals surface area contributed by atoms with Gasteiger partial charge in [0.05, 0.1) is 0 Å². The summed E-state index contributed by atoms with van der Waals surface area (Å²) in [7, 11) is 0. The van der Waals surface area contributed by atoms with E-state index in [1.807, 2.05) is 12.1 Å². The van der Waals surface area contributed by atoms with Crippen molar-refractivity contribution >= 4 is 42.3 Å². The third kappa shape index (κ3) is 7.14. The zero-order valence-electron chi connectivity index (χ0n) is 16.8. The van der Waals surface area contributed by atoms with Crippen molar-refractivity contribution in [3.05, 3.63) is 29.8 Å². The Morgan fingerprint density at radius 2 is 1.69 bits per heavy atom. The second-order valence-corrected chi connectivity index (χ2v) is 7.99. The molecule has 1 aliphatic heterocycles. The number of likely N-dealkylation sites (tertiary alicyclic amines) is 1. The highest BCUT2D eigenvalue weighted by atomic mass is 35.5. The summed E-state index contributed by atoms with van der Waals surface area (Å²) in [5, 5.41) is 3.05. The molecular formula is C21H34Cl2N4O2. The maximum atomic E-state index is 12.5. The van der Waals surface area contributed by atoms with Crippen LogP contribution in [0.4, 0.5) is 5.69 Å². The molecule has 2 atom stereocenters. The second-order valence-electron chi connectivity index (χ2n) is 7.99. The minimum atomic E-state index is -0.164. The number of anilines is 1. The van der Waals surface area contributed by atoms with Crippen molar-refractivity contribution in [2.24, 2.45) is 29.2 Å². The molecule has 3 rings (SSSR count). The average Bonchev–Trinajstić information content (AvgIpc) is 3.17. The minimum absolute atomic E-state index is 0. The van der Waals surface area contributed by atoms with E-state index in [9.17, 15) is 9.59 Å². The molecule has 2 fully saturated rings. The summed E-state index contributed by atoms with van der Waals surface area (Å²) in [6, 6.07) is 8.14. The van der Waals surface area contributed by atoms with E-state index in [4.69, 9.17) is 11.5 Å². The lowest BCUT2D eigenvalue weighted by Crippen LogP contribution is -2.39. The number of primary amides is 1. The van der Waals surface area contributed by atoms with E-state index in [1.165, 1.54) is 5.56 Å². The number of nitrogens with two attached hydrogens (primary N) is 2. The Labute approximate surface area is 186 Å². The molecule has 29 heavy (non-hydrogen) atoms. The summed E-state index contributed by atoms with van der Waals surface area (Å²) in [6.45, 7) is 3.45. The second kappa shape index (κ2) is 12.4. The maximum Gasteiger partial charge on any atom is 0.227 e. The van der Waals surface area contributed by atoms with Crippen LogP contribution in [0.2, 0.25) is 0 Å².